The maximum absolute atomic E-state index is 13.9. The molecular formula is C51H86N2O7. The Hall–Kier alpha value is -2.26. The zero-order valence-electron chi connectivity index (χ0n) is 39.5. The summed E-state index contributed by atoms with van der Waals surface area (Å²) >= 11 is 0. The van der Waals surface area contributed by atoms with Crippen molar-refractivity contribution in [2.75, 3.05) is 6.54 Å². The SMILES string of the molecule is C=C(C)[C@@H]1CC[C@]2(NCCCCCCCC(=O)N[C@@H](CC(C)C)[C@H](O)CC(=O)O)CC[C@]3(C)C(CCC4[C@@]5(C)CC[C@H](C(=O)CC(C)(C)C(=O)O)C(C)(C)C5CC[C@]43C)C12. The van der Waals surface area contributed by atoms with Gasteiger partial charge in [0.15, 0.2) is 0 Å². The van der Waals surface area contributed by atoms with E-state index in [9.17, 15) is 29.4 Å². The minimum absolute atomic E-state index is 0.0883. The number of carbonyl (C=O) groups is 4. The van der Waals surface area contributed by atoms with Gasteiger partial charge in [-0.25, -0.2) is 0 Å². The van der Waals surface area contributed by atoms with Gasteiger partial charge in [0.25, 0.3) is 0 Å². The third kappa shape index (κ3) is 9.34. The maximum Gasteiger partial charge on any atom is 0.309 e. The zero-order valence-corrected chi connectivity index (χ0v) is 39.5. The molecule has 12 atom stereocenters. The first-order chi connectivity index (χ1) is 27.9. The van der Waals surface area contributed by atoms with E-state index >= 15 is 0 Å². The largest absolute Gasteiger partial charge is 0.481 e. The van der Waals surface area contributed by atoms with Gasteiger partial charge in [-0.05, 0) is 168 Å². The first kappa shape index (κ1) is 48.8. The summed E-state index contributed by atoms with van der Waals surface area (Å²) in [5.41, 5.74) is 0.900. The number of unbranched alkanes of at least 4 members (excludes halogenated alkanes) is 4. The summed E-state index contributed by atoms with van der Waals surface area (Å²) in [6, 6.07) is -0.542. The fraction of sp³-hybridized carbons (Fsp3) is 0.882. The number of Topliss-reactive ketones (excluding diaryl/α,β-unsaturated/α-hetero) is 1. The molecule has 5 N–H and O–H groups in total. The van der Waals surface area contributed by atoms with Crippen molar-refractivity contribution in [3.8, 4) is 0 Å². The predicted octanol–water partition coefficient (Wildman–Crippen LogP) is 10.4. The van der Waals surface area contributed by atoms with Gasteiger partial charge in [-0.1, -0.05) is 79.9 Å². The topological polar surface area (TPSA) is 153 Å². The molecule has 0 bridgehead atoms. The number of allylic oxidation sites excluding steroid dienone is 1. The summed E-state index contributed by atoms with van der Waals surface area (Å²) in [5.74, 6) is 1.05. The number of aliphatic carboxylic acids is 2. The quantitative estimate of drug-likeness (QED) is 0.0600. The number of carboxylic acids is 2. The van der Waals surface area contributed by atoms with Gasteiger partial charge in [0.1, 0.15) is 5.78 Å². The van der Waals surface area contributed by atoms with Gasteiger partial charge in [-0.15, -0.1) is 0 Å². The number of ketones is 1. The van der Waals surface area contributed by atoms with Gasteiger partial charge < -0.3 is 26.0 Å². The second kappa shape index (κ2) is 18.5. The summed E-state index contributed by atoms with van der Waals surface area (Å²) < 4.78 is 0. The molecule has 0 saturated heterocycles. The first-order valence-corrected chi connectivity index (χ1v) is 24.2. The summed E-state index contributed by atoms with van der Waals surface area (Å²) in [6.45, 7) is 27.9. The van der Waals surface area contributed by atoms with Crippen LogP contribution in [0, 0.1) is 68.5 Å². The van der Waals surface area contributed by atoms with Crippen molar-refractivity contribution in [2.45, 2.75) is 209 Å². The highest BCUT2D eigenvalue weighted by Crippen LogP contribution is 2.77. The Morgan fingerprint density at radius 1 is 0.800 bits per heavy atom. The number of fused-ring (bicyclic) bond motifs is 7. The fourth-order valence-electron chi connectivity index (χ4n) is 15.4. The predicted molar refractivity (Wildman–Crippen MR) is 239 cm³/mol. The van der Waals surface area contributed by atoms with Gasteiger partial charge in [0, 0.05) is 24.3 Å². The molecule has 4 unspecified atom stereocenters. The highest BCUT2D eigenvalue weighted by atomic mass is 16.4. The lowest BCUT2D eigenvalue weighted by Gasteiger charge is -2.73. The molecule has 60 heavy (non-hydrogen) atoms. The molecule has 0 aliphatic heterocycles. The highest BCUT2D eigenvalue weighted by molar-refractivity contribution is 5.88. The standard InChI is InChI=1S/C51H86N2O7/c1-32(2)29-37(38(54)30-43(57)58)53-42(56)17-15-13-12-14-16-28-52-51-25-20-34(33(3)4)44(51)36-18-19-41-48(9)23-21-35(39(55)31-46(5,6)45(59)60)47(7,8)40(48)22-24-50(41,11)49(36,10)26-27-51/h32,34-38,40-41,44,52,54H,3,12-31H2,1-2,4-11H3,(H,53,56)(H,57,58)(H,59,60)/t34-,35+,36?,37-,38+,40?,41?,44?,48-,49+,50+,51-/m0/s1. The average Bonchev–Trinajstić information content (AvgIpc) is 3.52. The third-order valence-corrected chi connectivity index (χ3v) is 18.7. The number of nitrogens with one attached hydrogen (secondary N) is 2. The van der Waals surface area contributed by atoms with E-state index in [1.807, 2.05) is 13.8 Å². The molecule has 9 heteroatoms. The lowest BCUT2D eigenvalue weighted by atomic mass is 9.32. The van der Waals surface area contributed by atoms with Crippen LogP contribution < -0.4 is 10.6 Å². The Labute approximate surface area is 363 Å². The fourth-order valence-corrected chi connectivity index (χ4v) is 15.4. The van der Waals surface area contributed by atoms with Gasteiger partial charge in [-0.2, -0.15) is 0 Å². The van der Waals surface area contributed by atoms with Crippen molar-refractivity contribution in [3.05, 3.63) is 12.2 Å². The Morgan fingerprint density at radius 2 is 1.47 bits per heavy atom. The Kier molecular flexibility index (Phi) is 15.0. The Balaban J connectivity index is 1.19. The summed E-state index contributed by atoms with van der Waals surface area (Å²) in [4.78, 5) is 49.7. The van der Waals surface area contributed by atoms with Crippen LogP contribution in [-0.4, -0.2) is 63.2 Å². The molecule has 0 aromatic rings. The lowest BCUT2D eigenvalue weighted by molar-refractivity contribution is -0.237. The van der Waals surface area contributed by atoms with E-state index in [1.54, 1.807) is 13.8 Å². The van der Waals surface area contributed by atoms with E-state index in [4.69, 9.17) is 5.11 Å². The number of aliphatic hydroxyl groups excluding tert-OH is 1. The maximum atomic E-state index is 13.9. The van der Waals surface area contributed by atoms with E-state index in [-0.39, 0.29) is 63.6 Å². The van der Waals surface area contributed by atoms with E-state index in [0.29, 0.717) is 42.4 Å². The minimum atomic E-state index is -1.09. The second-order valence-corrected chi connectivity index (χ2v) is 23.5. The number of hydrogen-bond acceptors (Lipinski definition) is 6. The average molecular weight is 839 g/mol. The van der Waals surface area contributed by atoms with Crippen LogP contribution in [0.2, 0.25) is 0 Å². The number of amides is 1. The zero-order chi connectivity index (χ0) is 44.6. The molecule has 0 aromatic heterocycles. The van der Waals surface area contributed by atoms with Crippen LogP contribution in [0.4, 0.5) is 0 Å². The van der Waals surface area contributed by atoms with Crippen molar-refractivity contribution in [2.24, 2.45) is 68.5 Å². The molecule has 0 radical (unpaired) electrons. The molecule has 0 aromatic carbocycles. The van der Waals surface area contributed by atoms with Crippen molar-refractivity contribution in [1.29, 1.82) is 0 Å². The smallest absolute Gasteiger partial charge is 0.309 e. The van der Waals surface area contributed by atoms with Crippen LogP contribution in [0.1, 0.15) is 191 Å². The molecule has 5 saturated carbocycles. The number of carbonyl (C=O) groups excluding carboxylic acids is 2. The van der Waals surface area contributed by atoms with Crippen LogP contribution in [0.5, 0.6) is 0 Å². The van der Waals surface area contributed by atoms with Crippen LogP contribution >= 0.6 is 0 Å². The second-order valence-electron chi connectivity index (χ2n) is 23.5. The normalized spacial score (nSPS) is 36.9. The van der Waals surface area contributed by atoms with Crippen LogP contribution in [0.3, 0.4) is 0 Å². The molecule has 5 rings (SSSR count). The van der Waals surface area contributed by atoms with E-state index in [2.05, 4.69) is 58.8 Å². The molecule has 5 aliphatic rings. The van der Waals surface area contributed by atoms with Crippen LogP contribution in [0.25, 0.3) is 0 Å². The molecule has 5 fully saturated rings. The molecule has 1 amide bonds. The summed E-state index contributed by atoms with van der Waals surface area (Å²) in [5, 5.41) is 36.5. The van der Waals surface area contributed by atoms with Crippen molar-refractivity contribution >= 4 is 23.6 Å². The number of aliphatic hydroxyl groups is 1. The summed E-state index contributed by atoms with van der Waals surface area (Å²) in [7, 11) is 0. The highest BCUT2D eigenvalue weighted by Gasteiger charge is 2.71. The van der Waals surface area contributed by atoms with Crippen molar-refractivity contribution in [1.82, 2.24) is 10.6 Å². The van der Waals surface area contributed by atoms with Crippen LogP contribution in [-0.2, 0) is 19.2 Å². The molecule has 5 aliphatic carbocycles. The van der Waals surface area contributed by atoms with Crippen molar-refractivity contribution in [3.63, 3.8) is 0 Å². The first-order valence-electron chi connectivity index (χ1n) is 24.2. The number of rotatable bonds is 20. The number of carboxylic acid groups (broad SMARTS) is 2. The molecular weight excluding hydrogens is 753 g/mol. The van der Waals surface area contributed by atoms with E-state index in [1.165, 1.54) is 50.5 Å². The van der Waals surface area contributed by atoms with Gasteiger partial charge >= 0.3 is 11.9 Å². The van der Waals surface area contributed by atoms with Crippen LogP contribution in [0.15, 0.2) is 12.2 Å². The van der Waals surface area contributed by atoms with Gasteiger partial charge in [0.2, 0.25) is 5.91 Å². The lowest BCUT2D eigenvalue weighted by Crippen LogP contribution is -2.68. The van der Waals surface area contributed by atoms with Gasteiger partial charge in [-0.3, -0.25) is 19.2 Å². The molecule has 9 nitrogen and oxygen atoms in total. The van der Waals surface area contributed by atoms with Crippen molar-refractivity contribution < 1.29 is 34.5 Å². The number of hydrogen-bond donors (Lipinski definition) is 5. The monoisotopic (exact) mass is 839 g/mol. The third-order valence-electron chi connectivity index (χ3n) is 18.7. The van der Waals surface area contributed by atoms with Gasteiger partial charge in [0.05, 0.1) is 24.0 Å². The van der Waals surface area contributed by atoms with E-state index in [0.717, 1.165) is 57.9 Å². The Bertz CT molecular complexity index is 1590. The molecule has 0 heterocycles. The molecule has 342 valence electrons. The summed E-state index contributed by atoms with van der Waals surface area (Å²) in [6.07, 6.45) is 16.3. The minimum Gasteiger partial charge on any atom is -0.481 e. The molecule has 0 spiro atoms. The van der Waals surface area contributed by atoms with E-state index < -0.39 is 29.5 Å². The Morgan fingerprint density at radius 3 is 2.10 bits per heavy atom.